The lowest BCUT2D eigenvalue weighted by Gasteiger charge is -2.14. The molecular weight excluding hydrogens is 366 g/mol. The number of hydrogen-bond acceptors (Lipinski definition) is 5. The average molecular weight is 382 g/mol. The molecular formula is C20H16NO3S2-. The topological polar surface area (TPSA) is 60.4 Å². The maximum Gasteiger partial charge on any atom is 0.266 e. The summed E-state index contributed by atoms with van der Waals surface area (Å²) < 4.78 is 0.459. The third-order valence-electron chi connectivity index (χ3n) is 3.95. The number of carbonyl (C=O) groups excluding carboxylic acids is 2. The van der Waals surface area contributed by atoms with E-state index in [-0.39, 0.29) is 12.3 Å². The van der Waals surface area contributed by atoms with E-state index < -0.39 is 5.97 Å². The zero-order valence-corrected chi connectivity index (χ0v) is 15.5. The number of carbonyl (C=O) groups is 2. The highest BCUT2D eigenvalue weighted by Gasteiger charge is 2.31. The maximum atomic E-state index is 12.5. The monoisotopic (exact) mass is 382 g/mol. The number of amides is 1. The summed E-state index contributed by atoms with van der Waals surface area (Å²) in [6, 6.07) is 18.0. The van der Waals surface area contributed by atoms with Crippen molar-refractivity contribution in [3.05, 3.63) is 65.1 Å². The highest BCUT2D eigenvalue weighted by molar-refractivity contribution is 8.26. The number of carboxylic acid groups (broad SMARTS) is 1. The Balaban J connectivity index is 1.71. The van der Waals surface area contributed by atoms with Gasteiger partial charge in [0.15, 0.2) is 0 Å². The first kappa shape index (κ1) is 18.4. The van der Waals surface area contributed by atoms with Gasteiger partial charge in [-0.2, -0.15) is 0 Å². The van der Waals surface area contributed by atoms with Crippen molar-refractivity contribution in [1.29, 1.82) is 0 Å². The van der Waals surface area contributed by atoms with E-state index in [4.69, 9.17) is 12.2 Å². The molecule has 0 aromatic heterocycles. The SMILES string of the molecule is O=C([O-])CCCN1C(=O)/C(=C\c2ccc(-c3ccccc3)cc2)SC1=S. The minimum absolute atomic E-state index is 0.0863. The molecule has 1 saturated heterocycles. The fourth-order valence-electron chi connectivity index (χ4n) is 2.63. The first-order valence-electron chi connectivity index (χ1n) is 8.15. The second-order valence-electron chi connectivity index (χ2n) is 5.80. The summed E-state index contributed by atoms with van der Waals surface area (Å²) in [4.78, 5) is 25.0. The molecule has 2 aromatic carbocycles. The molecule has 2 aromatic rings. The molecule has 0 bridgehead atoms. The third kappa shape index (κ3) is 4.39. The second-order valence-corrected chi connectivity index (χ2v) is 7.47. The molecule has 0 saturated carbocycles. The van der Waals surface area contributed by atoms with Gasteiger partial charge in [-0.05, 0) is 35.6 Å². The van der Waals surface area contributed by atoms with E-state index in [9.17, 15) is 14.7 Å². The molecule has 0 N–H and O–H groups in total. The van der Waals surface area contributed by atoms with E-state index >= 15 is 0 Å². The van der Waals surface area contributed by atoms with Crippen LogP contribution in [0.1, 0.15) is 18.4 Å². The highest BCUT2D eigenvalue weighted by atomic mass is 32.2. The van der Waals surface area contributed by atoms with Crippen LogP contribution in [0.3, 0.4) is 0 Å². The van der Waals surface area contributed by atoms with Crippen molar-refractivity contribution in [2.75, 3.05) is 6.54 Å². The van der Waals surface area contributed by atoms with Gasteiger partial charge in [0.05, 0.1) is 4.91 Å². The Bertz CT molecular complexity index is 860. The van der Waals surface area contributed by atoms with Crippen molar-refractivity contribution >= 4 is 46.3 Å². The molecule has 132 valence electrons. The van der Waals surface area contributed by atoms with Crippen molar-refractivity contribution in [2.24, 2.45) is 0 Å². The molecule has 0 spiro atoms. The van der Waals surface area contributed by atoms with E-state index in [0.29, 0.717) is 22.2 Å². The smallest absolute Gasteiger partial charge is 0.266 e. The maximum absolute atomic E-state index is 12.5. The van der Waals surface area contributed by atoms with Gasteiger partial charge >= 0.3 is 0 Å². The fraction of sp³-hybridized carbons (Fsp3) is 0.150. The van der Waals surface area contributed by atoms with Gasteiger partial charge < -0.3 is 9.90 Å². The number of aliphatic carboxylic acids is 1. The van der Waals surface area contributed by atoms with E-state index in [1.54, 1.807) is 0 Å². The standard InChI is InChI=1S/C20H17NO3S2/c22-18(23)7-4-12-21-19(24)17(26-20(21)25)13-14-8-10-16(11-9-14)15-5-2-1-3-6-15/h1-3,5-6,8-11,13H,4,7,12H2,(H,22,23)/p-1/b17-13+. The van der Waals surface area contributed by atoms with Crippen LogP contribution < -0.4 is 5.11 Å². The molecule has 0 unspecified atom stereocenters. The van der Waals surface area contributed by atoms with Crippen LogP contribution in [-0.4, -0.2) is 27.6 Å². The van der Waals surface area contributed by atoms with Crippen LogP contribution >= 0.6 is 24.0 Å². The van der Waals surface area contributed by atoms with Crippen LogP contribution in [0.5, 0.6) is 0 Å². The zero-order chi connectivity index (χ0) is 18.5. The van der Waals surface area contributed by atoms with Crippen LogP contribution in [0.4, 0.5) is 0 Å². The van der Waals surface area contributed by atoms with E-state index in [1.807, 2.05) is 60.7 Å². The molecule has 1 heterocycles. The minimum atomic E-state index is -1.12. The molecule has 26 heavy (non-hydrogen) atoms. The summed E-state index contributed by atoms with van der Waals surface area (Å²) in [6.45, 7) is 0.295. The molecule has 4 nitrogen and oxygen atoms in total. The van der Waals surface area contributed by atoms with Crippen LogP contribution in [0.25, 0.3) is 17.2 Å². The lowest BCUT2D eigenvalue weighted by atomic mass is 10.0. The molecule has 0 radical (unpaired) electrons. The molecule has 1 aliphatic heterocycles. The van der Waals surface area contributed by atoms with Crippen LogP contribution in [0.2, 0.25) is 0 Å². The lowest BCUT2D eigenvalue weighted by Crippen LogP contribution is -2.30. The van der Waals surface area contributed by atoms with Gasteiger partial charge in [-0.25, -0.2) is 0 Å². The van der Waals surface area contributed by atoms with Crippen LogP contribution in [-0.2, 0) is 9.59 Å². The number of hydrogen-bond donors (Lipinski definition) is 0. The Labute approximate surface area is 161 Å². The Hall–Kier alpha value is -2.44. The van der Waals surface area contributed by atoms with Gasteiger partial charge in [0.2, 0.25) is 0 Å². The lowest BCUT2D eigenvalue weighted by molar-refractivity contribution is -0.305. The number of nitrogens with zero attached hydrogens (tertiary/aromatic N) is 1. The summed E-state index contributed by atoms with van der Waals surface area (Å²) in [7, 11) is 0. The minimum Gasteiger partial charge on any atom is -0.550 e. The van der Waals surface area contributed by atoms with Crippen LogP contribution in [0.15, 0.2) is 59.5 Å². The van der Waals surface area contributed by atoms with Crippen molar-refractivity contribution < 1.29 is 14.7 Å². The van der Waals surface area contributed by atoms with Crippen molar-refractivity contribution in [3.8, 4) is 11.1 Å². The Morgan fingerprint density at radius 1 is 1.08 bits per heavy atom. The van der Waals surface area contributed by atoms with Gasteiger partial charge in [0.1, 0.15) is 4.32 Å². The number of carboxylic acids is 1. The van der Waals surface area contributed by atoms with Gasteiger partial charge in [-0.3, -0.25) is 9.69 Å². The summed E-state index contributed by atoms with van der Waals surface area (Å²) >= 11 is 6.48. The Morgan fingerprint density at radius 2 is 1.73 bits per heavy atom. The molecule has 1 aliphatic rings. The summed E-state index contributed by atoms with van der Waals surface area (Å²) in [5.74, 6) is -1.30. The van der Waals surface area contributed by atoms with E-state index in [0.717, 1.165) is 16.7 Å². The number of thiocarbonyl (C=S) groups is 1. The van der Waals surface area contributed by atoms with Crippen LogP contribution in [0, 0.1) is 0 Å². The quantitative estimate of drug-likeness (QED) is 0.568. The summed E-state index contributed by atoms with van der Waals surface area (Å²) in [6.07, 6.45) is 2.05. The fourth-order valence-corrected chi connectivity index (χ4v) is 3.94. The predicted molar refractivity (Wildman–Crippen MR) is 106 cm³/mol. The average Bonchev–Trinajstić information content (AvgIpc) is 2.90. The first-order valence-corrected chi connectivity index (χ1v) is 9.38. The highest BCUT2D eigenvalue weighted by Crippen LogP contribution is 2.33. The van der Waals surface area contributed by atoms with Gasteiger partial charge in [-0.1, -0.05) is 78.6 Å². The Morgan fingerprint density at radius 3 is 2.38 bits per heavy atom. The number of benzene rings is 2. The largest absolute Gasteiger partial charge is 0.550 e. The van der Waals surface area contributed by atoms with Crippen molar-refractivity contribution in [1.82, 2.24) is 4.90 Å². The van der Waals surface area contributed by atoms with Gasteiger partial charge in [-0.15, -0.1) is 0 Å². The van der Waals surface area contributed by atoms with E-state index in [1.165, 1.54) is 16.7 Å². The number of rotatable bonds is 6. The molecule has 6 heteroatoms. The third-order valence-corrected chi connectivity index (χ3v) is 5.33. The Kier molecular flexibility index (Phi) is 5.85. The zero-order valence-electron chi connectivity index (χ0n) is 13.9. The second kappa shape index (κ2) is 8.29. The van der Waals surface area contributed by atoms with Crippen molar-refractivity contribution in [3.63, 3.8) is 0 Å². The summed E-state index contributed by atoms with van der Waals surface area (Å²) in [5.41, 5.74) is 3.16. The first-order chi connectivity index (χ1) is 12.5. The molecule has 0 atom stereocenters. The molecule has 0 aliphatic carbocycles. The molecule has 1 amide bonds. The van der Waals surface area contributed by atoms with Gasteiger partial charge in [0, 0.05) is 12.5 Å². The number of thioether (sulfide) groups is 1. The molecule has 1 fully saturated rings. The molecule has 3 rings (SSSR count). The summed E-state index contributed by atoms with van der Waals surface area (Å²) in [5, 5.41) is 10.5. The van der Waals surface area contributed by atoms with Gasteiger partial charge in [0.25, 0.3) is 5.91 Å². The van der Waals surface area contributed by atoms with Crippen molar-refractivity contribution in [2.45, 2.75) is 12.8 Å². The normalized spacial score (nSPS) is 15.7. The van der Waals surface area contributed by atoms with E-state index in [2.05, 4.69) is 0 Å². The predicted octanol–water partition coefficient (Wildman–Crippen LogP) is 3.08.